The quantitative estimate of drug-likeness (QED) is 0.817. The summed E-state index contributed by atoms with van der Waals surface area (Å²) < 4.78 is 10.7. The van der Waals surface area contributed by atoms with Crippen LogP contribution in [0.25, 0.3) is 0 Å². The first-order chi connectivity index (χ1) is 10.8. The van der Waals surface area contributed by atoms with Gasteiger partial charge >= 0.3 is 6.01 Å². The van der Waals surface area contributed by atoms with E-state index in [1.807, 2.05) is 11.0 Å². The molecule has 0 aromatic carbocycles. The van der Waals surface area contributed by atoms with E-state index in [2.05, 4.69) is 19.9 Å². The average Bonchev–Trinajstić information content (AvgIpc) is 3.04. The van der Waals surface area contributed by atoms with E-state index >= 15 is 0 Å². The number of hydrogen-bond acceptors (Lipinski definition) is 8. The van der Waals surface area contributed by atoms with E-state index in [0.717, 1.165) is 13.0 Å². The molecule has 0 aliphatic carbocycles. The number of nitrogens with zero attached hydrogens (tertiary/aromatic N) is 6. The van der Waals surface area contributed by atoms with Gasteiger partial charge in [0.15, 0.2) is 5.75 Å². The highest BCUT2D eigenvalue weighted by Gasteiger charge is 2.26. The van der Waals surface area contributed by atoms with Gasteiger partial charge < -0.3 is 14.4 Å². The number of anilines is 1. The van der Waals surface area contributed by atoms with Crippen LogP contribution in [-0.2, 0) is 0 Å². The Morgan fingerprint density at radius 3 is 2.86 bits per heavy atom. The van der Waals surface area contributed by atoms with Crippen molar-refractivity contribution in [2.75, 3.05) is 25.1 Å². The Labute approximate surface area is 127 Å². The van der Waals surface area contributed by atoms with Gasteiger partial charge in [0.05, 0.1) is 26.0 Å². The summed E-state index contributed by atoms with van der Waals surface area (Å²) in [6, 6.07) is 3.91. The summed E-state index contributed by atoms with van der Waals surface area (Å²) in [6.07, 6.45) is 5.49. The van der Waals surface area contributed by atoms with Gasteiger partial charge in [0.2, 0.25) is 5.95 Å². The lowest BCUT2D eigenvalue weighted by Gasteiger charge is -2.16. The van der Waals surface area contributed by atoms with Crippen LogP contribution >= 0.6 is 0 Å². The molecule has 0 radical (unpaired) electrons. The minimum absolute atomic E-state index is 0.0391. The van der Waals surface area contributed by atoms with Crippen LogP contribution < -0.4 is 14.4 Å². The van der Waals surface area contributed by atoms with E-state index in [-0.39, 0.29) is 6.10 Å². The van der Waals surface area contributed by atoms with Crippen LogP contribution in [0.3, 0.4) is 0 Å². The summed E-state index contributed by atoms with van der Waals surface area (Å²) in [5.41, 5.74) is 0.354. The fraction of sp³-hybridized carbons (Fsp3) is 0.357. The minimum atomic E-state index is -0.0391. The van der Waals surface area contributed by atoms with Crippen molar-refractivity contribution >= 4 is 5.95 Å². The number of rotatable bonds is 4. The molecule has 1 aliphatic rings. The highest BCUT2D eigenvalue weighted by Crippen LogP contribution is 2.19. The van der Waals surface area contributed by atoms with Crippen molar-refractivity contribution in [3.05, 3.63) is 30.4 Å². The summed E-state index contributed by atoms with van der Waals surface area (Å²) >= 11 is 0. The molecule has 1 atom stereocenters. The molecule has 0 saturated carbocycles. The second kappa shape index (κ2) is 6.22. The summed E-state index contributed by atoms with van der Waals surface area (Å²) in [5, 5.41) is 8.88. The first kappa shape index (κ1) is 14.0. The van der Waals surface area contributed by atoms with Crippen LogP contribution in [0.2, 0.25) is 0 Å². The van der Waals surface area contributed by atoms with Crippen LogP contribution in [0.15, 0.2) is 24.7 Å². The maximum Gasteiger partial charge on any atom is 0.316 e. The van der Waals surface area contributed by atoms with Gasteiger partial charge in [0.25, 0.3) is 0 Å². The van der Waals surface area contributed by atoms with Crippen molar-refractivity contribution in [3.63, 3.8) is 0 Å². The lowest BCUT2D eigenvalue weighted by atomic mass is 10.3. The Balaban J connectivity index is 1.63. The molecule has 1 aliphatic heterocycles. The van der Waals surface area contributed by atoms with Crippen LogP contribution in [-0.4, -0.2) is 46.2 Å². The molecule has 0 bridgehead atoms. The molecule has 2 aromatic rings. The molecular formula is C14H14N6O2. The molecule has 22 heavy (non-hydrogen) atoms. The molecule has 8 heteroatoms. The Morgan fingerprint density at radius 1 is 1.32 bits per heavy atom. The molecule has 2 aromatic heterocycles. The zero-order valence-corrected chi connectivity index (χ0v) is 12.0. The first-order valence-electron chi connectivity index (χ1n) is 6.79. The van der Waals surface area contributed by atoms with Gasteiger partial charge in [0, 0.05) is 19.2 Å². The van der Waals surface area contributed by atoms with Crippen molar-refractivity contribution in [2.24, 2.45) is 0 Å². The van der Waals surface area contributed by atoms with Gasteiger partial charge in [-0.15, -0.1) is 0 Å². The molecule has 1 saturated heterocycles. The third-order valence-corrected chi connectivity index (χ3v) is 3.30. The number of methoxy groups -OCH3 is 1. The van der Waals surface area contributed by atoms with Crippen molar-refractivity contribution in [3.8, 4) is 17.8 Å². The maximum absolute atomic E-state index is 8.88. The normalized spacial score (nSPS) is 17.1. The van der Waals surface area contributed by atoms with E-state index < -0.39 is 0 Å². The van der Waals surface area contributed by atoms with E-state index in [9.17, 15) is 0 Å². The topological polar surface area (TPSA) is 97.1 Å². The molecule has 0 amide bonds. The lowest BCUT2D eigenvalue weighted by Crippen LogP contribution is -2.26. The lowest BCUT2D eigenvalue weighted by molar-refractivity contribution is 0.205. The van der Waals surface area contributed by atoms with E-state index in [1.54, 1.807) is 31.8 Å². The van der Waals surface area contributed by atoms with Crippen LogP contribution in [0.4, 0.5) is 5.95 Å². The van der Waals surface area contributed by atoms with Crippen molar-refractivity contribution in [2.45, 2.75) is 12.5 Å². The van der Waals surface area contributed by atoms with Gasteiger partial charge in [-0.25, -0.2) is 9.97 Å². The second-order valence-corrected chi connectivity index (χ2v) is 4.73. The molecule has 1 fully saturated rings. The molecule has 112 valence electrons. The molecular weight excluding hydrogens is 284 g/mol. The third-order valence-electron chi connectivity index (χ3n) is 3.30. The van der Waals surface area contributed by atoms with Crippen molar-refractivity contribution in [1.82, 2.24) is 19.9 Å². The Bertz CT molecular complexity index is 684. The second-order valence-electron chi connectivity index (χ2n) is 4.73. The highest BCUT2D eigenvalue weighted by molar-refractivity contribution is 5.35. The predicted octanol–water partition coefficient (Wildman–Crippen LogP) is 0.805. The summed E-state index contributed by atoms with van der Waals surface area (Å²) in [4.78, 5) is 18.5. The molecule has 3 rings (SSSR count). The number of nitriles is 1. The Kier molecular flexibility index (Phi) is 3.96. The zero-order valence-electron chi connectivity index (χ0n) is 12.0. The molecule has 8 nitrogen and oxygen atoms in total. The molecule has 3 heterocycles. The van der Waals surface area contributed by atoms with Gasteiger partial charge in [-0.05, 0) is 6.07 Å². The van der Waals surface area contributed by atoms with Gasteiger partial charge in [-0.1, -0.05) is 0 Å². The Hall–Kier alpha value is -2.95. The van der Waals surface area contributed by atoms with Crippen molar-refractivity contribution in [1.29, 1.82) is 5.26 Å². The monoisotopic (exact) mass is 298 g/mol. The fourth-order valence-electron chi connectivity index (χ4n) is 2.19. The number of hydrogen-bond donors (Lipinski definition) is 0. The summed E-state index contributed by atoms with van der Waals surface area (Å²) in [5.74, 6) is 1.13. The number of ether oxygens (including phenoxy) is 2. The summed E-state index contributed by atoms with van der Waals surface area (Å²) in [6.45, 7) is 1.39. The fourth-order valence-corrected chi connectivity index (χ4v) is 2.19. The minimum Gasteiger partial charge on any atom is -0.494 e. The predicted molar refractivity (Wildman–Crippen MR) is 76.6 cm³/mol. The Morgan fingerprint density at radius 2 is 2.14 bits per heavy atom. The third kappa shape index (κ3) is 3.03. The molecule has 1 unspecified atom stereocenters. The number of aromatic nitrogens is 4. The zero-order chi connectivity index (χ0) is 15.4. The van der Waals surface area contributed by atoms with Gasteiger partial charge in [-0.2, -0.15) is 15.2 Å². The SMILES string of the molecule is COc1cnc(OC2CCN(c3nccc(C#N)n3)C2)nc1. The largest absolute Gasteiger partial charge is 0.494 e. The molecule has 0 spiro atoms. The van der Waals surface area contributed by atoms with Gasteiger partial charge in [-0.3, -0.25) is 0 Å². The first-order valence-corrected chi connectivity index (χ1v) is 6.79. The van der Waals surface area contributed by atoms with Crippen LogP contribution in [0.5, 0.6) is 11.8 Å². The van der Waals surface area contributed by atoms with Crippen LogP contribution in [0.1, 0.15) is 12.1 Å². The van der Waals surface area contributed by atoms with E-state index in [4.69, 9.17) is 14.7 Å². The highest BCUT2D eigenvalue weighted by atomic mass is 16.5. The van der Waals surface area contributed by atoms with E-state index in [1.165, 1.54) is 0 Å². The maximum atomic E-state index is 8.88. The van der Waals surface area contributed by atoms with Crippen molar-refractivity contribution < 1.29 is 9.47 Å². The average molecular weight is 298 g/mol. The van der Waals surface area contributed by atoms with Gasteiger partial charge in [0.1, 0.15) is 17.9 Å². The summed E-state index contributed by atoms with van der Waals surface area (Å²) in [7, 11) is 1.56. The molecule has 0 N–H and O–H groups in total. The smallest absolute Gasteiger partial charge is 0.316 e. The van der Waals surface area contributed by atoms with Crippen LogP contribution in [0, 0.1) is 11.3 Å². The van der Waals surface area contributed by atoms with E-state index in [0.29, 0.717) is 29.9 Å². The standard InChI is InChI=1S/C14H14N6O2/c1-21-12-7-17-14(18-8-12)22-11-3-5-20(9-11)13-16-4-2-10(6-15)19-13/h2,4,7-8,11H,3,5,9H2,1H3.